The van der Waals surface area contributed by atoms with E-state index in [9.17, 15) is 0 Å². The minimum atomic E-state index is 0.741. The molecule has 0 spiro atoms. The zero-order valence-electron chi connectivity index (χ0n) is 8.85. The van der Waals surface area contributed by atoms with Crippen LogP contribution in [0, 0.1) is 6.92 Å². The summed E-state index contributed by atoms with van der Waals surface area (Å²) in [5.41, 5.74) is 2.58. The smallest absolute Gasteiger partial charge is 0.122 e. The van der Waals surface area contributed by atoms with Gasteiger partial charge in [-0.25, -0.2) is 0 Å². The maximum absolute atomic E-state index is 5.60. The van der Waals surface area contributed by atoms with E-state index < -0.39 is 0 Å². The molecule has 0 fully saturated rings. The topological polar surface area (TPSA) is 9.23 Å². The molecule has 78 valence electrons. The third kappa shape index (κ3) is 3.33. The van der Waals surface area contributed by atoms with Crippen LogP contribution in [0.25, 0.3) is 0 Å². The lowest BCUT2D eigenvalue weighted by Crippen LogP contribution is -1.97. The van der Waals surface area contributed by atoms with Gasteiger partial charge in [0.25, 0.3) is 0 Å². The molecule has 0 aliphatic carbocycles. The summed E-state index contributed by atoms with van der Waals surface area (Å²) in [6.45, 7) is 4.86. The first-order chi connectivity index (χ1) is 6.77. The van der Waals surface area contributed by atoms with Crippen LogP contribution in [-0.4, -0.2) is 11.9 Å². The number of hydrogen-bond acceptors (Lipinski definition) is 1. The maximum atomic E-state index is 5.60. The van der Waals surface area contributed by atoms with Crippen molar-refractivity contribution in [2.45, 2.75) is 26.7 Å². The average molecular weight is 257 g/mol. The van der Waals surface area contributed by atoms with Gasteiger partial charge in [-0.2, -0.15) is 0 Å². The molecule has 1 aromatic rings. The monoisotopic (exact) mass is 256 g/mol. The minimum absolute atomic E-state index is 0.741. The van der Waals surface area contributed by atoms with E-state index in [0.717, 1.165) is 30.5 Å². The minimum Gasteiger partial charge on any atom is -0.494 e. The third-order valence-electron chi connectivity index (χ3n) is 2.10. The van der Waals surface area contributed by atoms with Gasteiger partial charge in [-0.1, -0.05) is 28.1 Å². The van der Waals surface area contributed by atoms with Crippen molar-refractivity contribution in [3.05, 3.63) is 29.3 Å². The number of aryl methyl sites for hydroxylation is 2. The Bertz CT molecular complexity index is 284. The Labute approximate surface area is 94.6 Å². The molecule has 0 radical (unpaired) electrons. The summed E-state index contributed by atoms with van der Waals surface area (Å²) in [5.74, 6) is 1.05. The molecule has 0 amide bonds. The average Bonchev–Trinajstić information content (AvgIpc) is 2.17. The second-order valence-electron chi connectivity index (χ2n) is 3.34. The third-order valence-corrected chi connectivity index (χ3v) is 2.66. The Morgan fingerprint density at radius 1 is 1.36 bits per heavy atom. The number of ether oxygens (including phenoxy) is 1. The normalized spacial score (nSPS) is 10.2. The molecule has 2 heteroatoms. The lowest BCUT2D eigenvalue weighted by molar-refractivity contribution is 0.336. The van der Waals surface area contributed by atoms with Crippen LogP contribution in [0.1, 0.15) is 24.5 Å². The lowest BCUT2D eigenvalue weighted by Gasteiger charge is -2.10. The summed E-state index contributed by atoms with van der Waals surface area (Å²) in [5, 5.41) is 1.05. The van der Waals surface area contributed by atoms with Crippen LogP contribution in [-0.2, 0) is 6.42 Å². The van der Waals surface area contributed by atoms with Gasteiger partial charge in [-0.05, 0) is 43.9 Å². The highest BCUT2D eigenvalue weighted by Crippen LogP contribution is 2.21. The molecule has 0 aromatic heterocycles. The highest BCUT2D eigenvalue weighted by atomic mass is 79.9. The van der Waals surface area contributed by atoms with E-state index in [1.54, 1.807) is 0 Å². The molecule has 0 saturated carbocycles. The first-order valence-corrected chi connectivity index (χ1v) is 6.18. The summed E-state index contributed by atoms with van der Waals surface area (Å²) in [6.07, 6.45) is 2.24. The molecule has 0 bridgehead atoms. The Morgan fingerprint density at radius 3 is 2.79 bits per heavy atom. The zero-order chi connectivity index (χ0) is 10.4. The number of halogens is 1. The predicted molar refractivity (Wildman–Crippen MR) is 64.5 cm³/mol. The summed E-state index contributed by atoms with van der Waals surface area (Å²) in [6, 6.07) is 6.43. The molecule has 0 saturated heterocycles. The van der Waals surface area contributed by atoms with Crippen molar-refractivity contribution >= 4 is 15.9 Å². The van der Waals surface area contributed by atoms with E-state index in [0.29, 0.717) is 0 Å². The van der Waals surface area contributed by atoms with Gasteiger partial charge in [0.15, 0.2) is 0 Å². The van der Waals surface area contributed by atoms with Crippen LogP contribution in [0.3, 0.4) is 0 Å². The first-order valence-electron chi connectivity index (χ1n) is 5.06. The van der Waals surface area contributed by atoms with Gasteiger partial charge in [-0.15, -0.1) is 0 Å². The lowest BCUT2D eigenvalue weighted by atomic mass is 10.1. The molecule has 0 unspecified atom stereocenters. The molecular formula is C12H17BrO. The largest absolute Gasteiger partial charge is 0.494 e. The summed E-state index contributed by atoms with van der Waals surface area (Å²) in [4.78, 5) is 0. The molecule has 0 N–H and O–H groups in total. The van der Waals surface area contributed by atoms with E-state index in [-0.39, 0.29) is 0 Å². The van der Waals surface area contributed by atoms with E-state index in [4.69, 9.17) is 4.74 Å². The standard InChI is InChI=1S/C12H17BrO/c1-3-14-12-9-10(2)6-7-11(12)5-4-8-13/h6-7,9H,3-5,8H2,1-2H3. The highest BCUT2D eigenvalue weighted by molar-refractivity contribution is 9.09. The van der Waals surface area contributed by atoms with E-state index in [1.165, 1.54) is 11.1 Å². The Balaban J connectivity index is 2.78. The van der Waals surface area contributed by atoms with Crippen LogP contribution < -0.4 is 4.74 Å². The number of hydrogen-bond donors (Lipinski definition) is 0. The molecule has 0 heterocycles. The molecule has 0 aliphatic heterocycles. The van der Waals surface area contributed by atoms with Crippen molar-refractivity contribution in [3.63, 3.8) is 0 Å². The van der Waals surface area contributed by atoms with E-state index in [1.807, 2.05) is 6.92 Å². The molecule has 0 aliphatic rings. The number of rotatable bonds is 5. The first kappa shape index (κ1) is 11.6. The number of alkyl halides is 1. The van der Waals surface area contributed by atoms with Crippen LogP contribution >= 0.6 is 15.9 Å². The highest BCUT2D eigenvalue weighted by Gasteiger charge is 2.02. The van der Waals surface area contributed by atoms with Gasteiger partial charge in [-0.3, -0.25) is 0 Å². The Hall–Kier alpha value is -0.500. The van der Waals surface area contributed by atoms with Crippen molar-refractivity contribution in [2.75, 3.05) is 11.9 Å². The van der Waals surface area contributed by atoms with Crippen LogP contribution in [0.5, 0.6) is 5.75 Å². The van der Waals surface area contributed by atoms with Crippen molar-refractivity contribution in [3.8, 4) is 5.75 Å². The second kappa shape index (κ2) is 6.07. The molecule has 1 nitrogen and oxygen atoms in total. The Kier molecular flexibility index (Phi) is 5.02. The van der Waals surface area contributed by atoms with Crippen molar-refractivity contribution in [1.82, 2.24) is 0 Å². The van der Waals surface area contributed by atoms with Crippen molar-refractivity contribution < 1.29 is 4.74 Å². The van der Waals surface area contributed by atoms with Crippen molar-refractivity contribution in [2.24, 2.45) is 0 Å². The molecule has 0 atom stereocenters. The van der Waals surface area contributed by atoms with Gasteiger partial charge < -0.3 is 4.74 Å². The van der Waals surface area contributed by atoms with E-state index >= 15 is 0 Å². The molecule has 1 rings (SSSR count). The molecule has 14 heavy (non-hydrogen) atoms. The predicted octanol–water partition coefficient (Wildman–Crippen LogP) is 3.72. The fraction of sp³-hybridized carbons (Fsp3) is 0.500. The molecule has 1 aromatic carbocycles. The van der Waals surface area contributed by atoms with Crippen LogP contribution in [0.4, 0.5) is 0 Å². The van der Waals surface area contributed by atoms with Gasteiger partial charge in [0, 0.05) is 5.33 Å². The fourth-order valence-electron chi connectivity index (χ4n) is 1.42. The van der Waals surface area contributed by atoms with Crippen molar-refractivity contribution in [1.29, 1.82) is 0 Å². The maximum Gasteiger partial charge on any atom is 0.122 e. The van der Waals surface area contributed by atoms with Crippen LogP contribution in [0.2, 0.25) is 0 Å². The quantitative estimate of drug-likeness (QED) is 0.730. The van der Waals surface area contributed by atoms with Gasteiger partial charge in [0.2, 0.25) is 0 Å². The fourth-order valence-corrected chi connectivity index (χ4v) is 1.70. The SMILES string of the molecule is CCOc1cc(C)ccc1CCCBr. The van der Waals surface area contributed by atoms with Gasteiger partial charge in [0.1, 0.15) is 5.75 Å². The van der Waals surface area contributed by atoms with Gasteiger partial charge >= 0.3 is 0 Å². The number of benzene rings is 1. The zero-order valence-corrected chi connectivity index (χ0v) is 10.4. The summed E-state index contributed by atoms with van der Waals surface area (Å²) in [7, 11) is 0. The van der Waals surface area contributed by atoms with Crippen LogP contribution in [0.15, 0.2) is 18.2 Å². The van der Waals surface area contributed by atoms with Gasteiger partial charge in [0.05, 0.1) is 6.61 Å². The summed E-state index contributed by atoms with van der Waals surface area (Å²) < 4.78 is 5.60. The summed E-state index contributed by atoms with van der Waals surface area (Å²) >= 11 is 3.44. The van der Waals surface area contributed by atoms with E-state index in [2.05, 4.69) is 41.1 Å². The second-order valence-corrected chi connectivity index (χ2v) is 4.13. The Morgan fingerprint density at radius 2 is 2.14 bits per heavy atom. The molecular weight excluding hydrogens is 240 g/mol.